The molecule has 0 aromatic heterocycles. The molecule has 2 fully saturated rings. The van der Waals surface area contributed by atoms with Crippen LogP contribution >= 0.6 is 0 Å². The normalized spacial score (nSPS) is 33.2. The molecule has 1 spiro atoms. The van der Waals surface area contributed by atoms with Crippen LogP contribution in [0.1, 0.15) is 26.2 Å². The standard InChI is InChI=1S/C15H23NO4S/c1-11-6-4-9-15(19-2,20-3)12(11)21(17,18)13-14(10-16-13)7-5-8-14/h4,6,9,12-13,16H,5,7-8,10H2,1-3H3. The Morgan fingerprint density at radius 2 is 1.95 bits per heavy atom. The molecule has 0 bridgehead atoms. The summed E-state index contributed by atoms with van der Waals surface area (Å²) in [6.45, 7) is 2.62. The van der Waals surface area contributed by atoms with Crippen LogP contribution in [0.3, 0.4) is 0 Å². The highest BCUT2D eigenvalue weighted by Gasteiger charge is 2.61. The van der Waals surface area contributed by atoms with Gasteiger partial charge in [0.15, 0.2) is 9.84 Å². The summed E-state index contributed by atoms with van der Waals surface area (Å²) in [6, 6.07) is 0. The number of ether oxygens (including phenoxy) is 2. The summed E-state index contributed by atoms with van der Waals surface area (Å²) in [5, 5.41) is 1.84. The van der Waals surface area contributed by atoms with Gasteiger partial charge in [-0.1, -0.05) is 18.6 Å². The van der Waals surface area contributed by atoms with Crippen molar-refractivity contribution in [3.05, 3.63) is 23.8 Å². The van der Waals surface area contributed by atoms with E-state index in [0.717, 1.165) is 31.4 Å². The van der Waals surface area contributed by atoms with Crippen LogP contribution < -0.4 is 5.32 Å². The van der Waals surface area contributed by atoms with Crippen molar-refractivity contribution in [1.82, 2.24) is 5.32 Å². The average molecular weight is 313 g/mol. The number of nitrogens with one attached hydrogen (secondary N) is 1. The lowest BCUT2D eigenvalue weighted by atomic mass is 9.64. The second kappa shape index (κ2) is 4.91. The summed E-state index contributed by atoms with van der Waals surface area (Å²) in [6.07, 6.45) is 8.40. The van der Waals surface area contributed by atoms with Crippen LogP contribution in [-0.4, -0.2) is 45.6 Å². The minimum atomic E-state index is -3.46. The van der Waals surface area contributed by atoms with Crippen molar-refractivity contribution in [2.45, 2.75) is 42.6 Å². The molecule has 1 N–H and O–H groups in total. The Kier molecular flexibility index (Phi) is 3.56. The Labute approximate surface area is 126 Å². The summed E-state index contributed by atoms with van der Waals surface area (Å²) >= 11 is 0. The molecule has 3 rings (SSSR count). The van der Waals surface area contributed by atoms with E-state index in [0.29, 0.717) is 0 Å². The quantitative estimate of drug-likeness (QED) is 0.794. The Bertz CT molecular complexity index is 579. The van der Waals surface area contributed by atoms with Crippen molar-refractivity contribution in [3.63, 3.8) is 0 Å². The van der Waals surface area contributed by atoms with Gasteiger partial charge in [-0.05, 0) is 31.4 Å². The number of sulfone groups is 1. The fourth-order valence-corrected chi connectivity index (χ4v) is 6.82. The predicted molar refractivity (Wildman–Crippen MR) is 80.4 cm³/mol. The molecule has 1 aliphatic heterocycles. The van der Waals surface area contributed by atoms with E-state index >= 15 is 0 Å². The Hall–Kier alpha value is -0.690. The monoisotopic (exact) mass is 313 g/mol. The third kappa shape index (κ3) is 1.96. The molecule has 118 valence electrons. The predicted octanol–water partition coefficient (Wildman–Crippen LogP) is 1.37. The molecular weight excluding hydrogens is 290 g/mol. The highest BCUT2D eigenvalue weighted by molar-refractivity contribution is 7.93. The molecule has 1 heterocycles. The molecule has 2 unspecified atom stereocenters. The SMILES string of the molecule is COC1(OC)C=CC=C(C)C1S(=O)(=O)C1NCC12CCC2. The molecule has 3 aliphatic rings. The van der Waals surface area contributed by atoms with E-state index in [1.807, 2.05) is 13.0 Å². The second-order valence-electron chi connectivity index (χ2n) is 6.35. The molecule has 1 saturated carbocycles. The van der Waals surface area contributed by atoms with Gasteiger partial charge in [0.25, 0.3) is 0 Å². The van der Waals surface area contributed by atoms with Gasteiger partial charge in [0.05, 0.1) is 0 Å². The molecule has 2 aliphatic carbocycles. The fraction of sp³-hybridized carbons (Fsp3) is 0.733. The highest BCUT2D eigenvalue weighted by atomic mass is 32.2. The summed E-state index contributed by atoms with van der Waals surface area (Å²) in [4.78, 5) is 0. The van der Waals surface area contributed by atoms with E-state index < -0.39 is 26.2 Å². The van der Waals surface area contributed by atoms with Gasteiger partial charge in [0.1, 0.15) is 10.6 Å². The number of hydrogen-bond donors (Lipinski definition) is 1. The zero-order valence-corrected chi connectivity index (χ0v) is 13.6. The van der Waals surface area contributed by atoms with E-state index in [9.17, 15) is 8.42 Å². The molecule has 0 amide bonds. The van der Waals surface area contributed by atoms with Crippen molar-refractivity contribution < 1.29 is 17.9 Å². The minimum absolute atomic E-state index is 0.0620. The molecule has 6 heteroatoms. The van der Waals surface area contributed by atoms with E-state index in [-0.39, 0.29) is 5.41 Å². The van der Waals surface area contributed by atoms with Gasteiger partial charge in [-0.2, -0.15) is 0 Å². The molecule has 21 heavy (non-hydrogen) atoms. The van der Waals surface area contributed by atoms with E-state index in [1.54, 1.807) is 12.2 Å². The van der Waals surface area contributed by atoms with E-state index in [2.05, 4.69) is 5.32 Å². The second-order valence-corrected chi connectivity index (χ2v) is 8.47. The minimum Gasteiger partial charge on any atom is -0.348 e. The average Bonchev–Trinajstić information content (AvgIpc) is 2.34. The molecule has 1 saturated heterocycles. The van der Waals surface area contributed by atoms with Crippen LogP contribution in [0, 0.1) is 5.41 Å². The molecule has 5 nitrogen and oxygen atoms in total. The number of allylic oxidation sites excluding steroid dienone is 2. The fourth-order valence-electron chi connectivity index (χ4n) is 3.89. The smallest absolute Gasteiger partial charge is 0.208 e. The van der Waals surface area contributed by atoms with Crippen molar-refractivity contribution in [3.8, 4) is 0 Å². The Morgan fingerprint density at radius 1 is 1.29 bits per heavy atom. The largest absolute Gasteiger partial charge is 0.348 e. The van der Waals surface area contributed by atoms with Gasteiger partial charge in [0.2, 0.25) is 5.79 Å². The lowest BCUT2D eigenvalue weighted by Gasteiger charge is -2.57. The first-order chi connectivity index (χ1) is 9.92. The van der Waals surface area contributed by atoms with Crippen LogP contribution in [0.25, 0.3) is 0 Å². The molecule has 0 aromatic carbocycles. The maximum Gasteiger partial charge on any atom is 0.208 e. The van der Waals surface area contributed by atoms with Gasteiger partial charge in [-0.15, -0.1) is 0 Å². The maximum absolute atomic E-state index is 13.2. The zero-order chi connectivity index (χ0) is 15.3. The maximum atomic E-state index is 13.2. The molecule has 0 radical (unpaired) electrons. The van der Waals surface area contributed by atoms with Crippen molar-refractivity contribution >= 4 is 9.84 Å². The first-order valence-electron chi connectivity index (χ1n) is 7.34. The van der Waals surface area contributed by atoms with Gasteiger partial charge in [-0.25, -0.2) is 8.42 Å². The van der Waals surface area contributed by atoms with Gasteiger partial charge >= 0.3 is 0 Å². The van der Waals surface area contributed by atoms with E-state index in [4.69, 9.17) is 9.47 Å². The third-order valence-electron chi connectivity index (χ3n) is 5.31. The first kappa shape index (κ1) is 15.2. The number of rotatable bonds is 4. The molecule has 0 aromatic rings. The van der Waals surface area contributed by atoms with E-state index in [1.165, 1.54) is 14.2 Å². The highest BCUT2D eigenvalue weighted by Crippen LogP contribution is 2.52. The van der Waals surface area contributed by atoms with Gasteiger partial charge in [0, 0.05) is 26.2 Å². The summed E-state index contributed by atoms with van der Waals surface area (Å²) in [5.41, 5.74) is 0.692. The molecule has 2 atom stereocenters. The van der Waals surface area contributed by atoms with Crippen LogP contribution in [0.5, 0.6) is 0 Å². The van der Waals surface area contributed by atoms with Crippen LogP contribution in [0.15, 0.2) is 23.8 Å². The summed E-state index contributed by atoms with van der Waals surface area (Å²) < 4.78 is 37.4. The number of hydrogen-bond acceptors (Lipinski definition) is 5. The Morgan fingerprint density at radius 3 is 2.38 bits per heavy atom. The van der Waals surface area contributed by atoms with Crippen molar-refractivity contribution in [2.75, 3.05) is 20.8 Å². The molecular formula is C15H23NO4S. The lowest BCUT2D eigenvalue weighted by Crippen LogP contribution is -2.71. The summed E-state index contributed by atoms with van der Waals surface area (Å²) in [7, 11) is -0.479. The zero-order valence-electron chi connectivity index (χ0n) is 12.8. The van der Waals surface area contributed by atoms with Crippen molar-refractivity contribution in [1.29, 1.82) is 0 Å². The van der Waals surface area contributed by atoms with Gasteiger partial charge in [-0.3, -0.25) is 5.32 Å². The first-order valence-corrected chi connectivity index (χ1v) is 8.95. The third-order valence-corrected chi connectivity index (χ3v) is 7.99. The lowest BCUT2D eigenvalue weighted by molar-refractivity contribution is -0.166. The Balaban J connectivity index is 2.00. The topological polar surface area (TPSA) is 64.6 Å². The van der Waals surface area contributed by atoms with Crippen LogP contribution in [0.2, 0.25) is 0 Å². The van der Waals surface area contributed by atoms with Crippen molar-refractivity contribution in [2.24, 2.45) is 5.41 Å². The van der Waals surface area contributed by atoms with Gasteiger partial charge < -0.3 is 9.47 Å². The van der Waals surface area contributed by atoms with Crippen LogP contribution in [0.4, 0.5) is 0 Å². The summed E-state index contributed by atoms with van der Waals surface area (Å²) in [5.74, 6) is -1.24. The van der Waals surface area contributed by atoms with Crippen LogP contribution in [-0.2, 0) is 19.3 Å². The number of methoxy groups -OCH3 is 2.